The van der Waals surface area contributed by atoms with Gasteiger partial charge in [-0.2, -0.15) is 0 Å². The van der Waals surface area contributed by atoms with Crippen molar-refractivity contribution in [1.29, 1.82) is 0 Å². The van der Waals surface area contributed by atoms with Crippen LogP contribution in [0, 0.1) is 5.92 Å². The summed E-state index contributed by atoms with van der Waals surface area (Å²) in [4.78, 5) is 0. The maximum Gasteiger partial charge on any atom is 0.165 e. The molecule has 1 heterocycles. The normalized spacial score (nSPS) is 16.0. The molecule has 0 saturated carbocycles. The predicted octanol–water partition coefficient (Wildman–Crippen LogP) is 2.84. The summed E-state index contributed by atoms with van der Waals surface area (Å²) in [5.74, 6) is 2.24. The number of methoxy groups -OCH3 is 1. The minimum Gasteiger partial charge on any atom is -0.493 e. The Morgan fingerprint density at radius 3 is 2.76 bits per heavy atom. The molecular formula is C16H25ClN2O2. The Balaban J connectivity index is 1.98. The lowest BCUT2D eigenvalue weighted by molar-refractivity contribution is 0.305. The third kappa shape index (κ3) is 4.77. The third-order valence-electron chi connectivity index (χ3n) is 3.81. The Morgan fingerprint density at radius 1 is 1.33 bits per heavy atom. The molecule has 1 fully saturated rings. The molecule has 1 aromatic carbocycles. The van der Waals surface area contributed by atoms with E-state index in [1.54, 1.807) is 13.2 Å². The van der Waals surface area contributed by atoms with E-state index >= 15 is 0 Å². The van der Waals surface area contributed by atoms with E-state index in [2.05, 4.69) is 10.6 Å². The van der Waals surface area contributed by atoms with Crippen molar-refractivity contribution in [2.45, 2.75) is 26.3 Å². The van der Waals surface area contributed by atoms with Gasteiger partial charge in [-0.15, -0.1) is 0 Å². The largest absolute Gasteiger partial charge is 0.493 e. The molecule has 1 aliphatic rings. The number of piperidine rings is 1. The Bertz CT molecular complexity index is 448. The van der Waals surface area contributed by atoms with E-state index in [9.17, 15) is 0 Å². The predicted molar refractivity (Wildman–Crippen MR) is 86.5 cm³/mol. The molecule has 118 valence electrons. The van der Waals surface area contributed by atoms with Crippen LogP contribution in [-0.4, -0.2) is 33.4 Å². The molecule has 1 aromatic rings. The van der Waals surface area contributed by atoms with Crippen LogP contribution in [0.15, 0.2) is 12.1 Å². The Kier molecular flexibility index (Phi) is 6.61. The maximum atomic E-state index is 6.16. The zero-order chi connectivity index (χ0) is 15.1. The summed E-state index contributed by atoms with van der Waals surface area (Å²) in [5.41, 5.74) is 1.05. The quantitative estimate of drug-likeness (QED) is 0.812. The van der Waals surface area contributed by atoms with Gasteiger partial charge in [0, 0.05) is 23.2 Å². The molecule has 1 aliphatic heterocycles. The van der Waals surface area contributed by atoms with Crippen LogP contribution in [-0.2, 0) is 6.54 Å². The lowest BCUT2D eigenvalue weighted by Crippen LogP contribution is -2.33. The highest BCUT2D eigenvalue weighted by Crippen LogP contribution is 2.34. The lowest BCUT2D eigenvalue weighted by atomic mass is 9.98. The number of hydrogen-bond acceptors (Lipinski definition) is 4. The van der Waals surface area contributed by atoms with Crippen LogP contribution < -0.4 is 20.1 Å². The van der Waals surface area contributed by atoms with Crippen LogP contribution in [0.1, 0.15) is 25.3 Å². The van der Waals surface area contributed by atoms with Gasteiger partial charge in [-0.05, 0) is 51.4 Å². The van der Waals surface area contributed by atoms with E-state index in [1.807, 2.05) is 13.0 Å². The van der Waals surface area contributed by atoms with E-state index in [4.69, 9.17) is 21.1 Å². The summed E-state index contributed by atoms with van der Waals surface area (Å²) in [6.07, 6.45) is 2.48. The summed E-state index contributed by atoms with van der Waals surface area (Å²) in [6.45, 7) is 6.61. The third-order valence-corrected chi connectivity index (χ3v) is 4.03. The summed E-state index contributed by atoms with van der Waals surface area (Å²) >= 11 is 6.16. The molecule has 0 spiro atoms. The standard InChI is InChI=1S/C16H25ClN2O2/c1-3-21-16-13(8-14(17)9-15(16)20-2)11-19-10-12-4-6-18-7-5-12/h8-9,12,18-19H,3-7,10-11H2,1-2H3. The van der Waals surface area contributed by atoms with Crippen LogP contribution in [0.2, 0.25) is 5.02 Å². The zero-order valence-electron chi connectivity index (χ0n) is 12.9. The van der Waals surface area contributed by atoms with Crippen molar-refractivity contribution in [3.63, 3.8) is 0 Å². The molecule has 0 amide bonds. The summed E-state index contributed by atoms with van der Waals surface area (Å²) in [7, 11) is 1.64. The molecule has 0 atom stereocenters. The van der Waals surface area contributed by atoms with Gasteiger partial charge in [0.15, 0.2) is 11.5 Å². The highest BCUT2D eigenvalue weighted by Gasteiger charge is 2.15. The van der Waals surface area contributed by atoms with Gasteiger partial charge in [0.05, 0.1) is 13.7 Å². The van der Waals surface area contributed by atoms with Gasteiger partial charge < -0.3 is 20.1 Å². The smallest absolute Gasteiger partial charge is 0.165 e. The molecule has 0 bridgehead atoms. The Labute approximate surface area is 132 Å². The average Bonchev–Trinajstić information content (AvgIpc) is 2.50. The van der Waals surface area contributed by atoms with Gasteiger partial charge >= 0.3 is 0 Å². The van der Waals surface area contributed by atoms with Gasteiger partial charge in [0.2, 0.25) is 0 Å². The number of benzene rings is 1. The molecule has 2 rings (SSSR count). The van der Waals surface area contributed by atoms with E-state index in [0.717, 1.165) is 43.4 Å². The fraction of sp³-hybridized carbons (Fsp3) is 0.625. The van der Waals surface area contributed by atoms with Crippen molar-refractivity contribution >= 4 is 11.6 Å². The first-order valence-electron chi connectivity index (χ1n) is 7.65. The second-order valence-corrected chi connectivity index (χ2v) is 5.79. The number of hydrogen-bond donors (Lipinski definition) is 2. The lowest BCUT2D eigenvalue weighted by Gasteiger charge is -2.23. The van der Waals surface area contributed by atoms with Crippen molar-refractivity contribution < 1.29 is 9.47 Å². The van der Waals surface area contributed by atoms with E-state index in [0.29, 0.717) is 17.4 Å². The number of nitrogens with one attached hydrogen (secondary N) is 2. The average molecular weight is 313 g/mol. The van der Waals surface area contributed by atoms with Crippen LogP contribution in [0.25, 0.3) is 0 Å². The Hall–Kier alpha value is -0.970. The second-order valence-electron chi connectivity index (χ2n) is 5.35. The van der Waals surface area contributed by atoms with Gasteiger partial charge in [-0.25, -0.2) is 0 Å². The van der Waals surface area contributed by atoms with Crippen LogP contribution in [0.3, 0.4) is 0 Å². The first kappa shape index (κ1) is 16.4. The molecule has 4 nitrogen and oxygen atoms in total. The topological polar surface area (TPSA) is 42.5 Å². The molecule has 0 aliphatic carbocycles. The maximum absolute atomic E-state index is 6.16. The van der Waals surface area contributed by atoms with Crippen LogP contribution in [0.4, 0.5) is 0 Å². The highest BCUT2D eigenvalue weighted by molar-refractivity contribution is 6.30. The molecule has 0 aromatic heterocycles. The summed E-state index contributed by atoms with van der Waals surface area (Å²) < 4.78 is 11.1. The molecule has 5 heteroatoms. The molecule has 0 unspecified atom stereocenters. The number of halogens is 1. The van der Waals surface area contributed by atoms with E-state index < -0.39 is 0 Å². The monoisotopic (exact) mass is 312 g/mol. The van der Waals surface area contributed by atoms with Crippen molar-refractivity contribution in [2.24, 2.45) is 5.92 Å². The Morgan fingerprint density at radius 2 is 2.10 bits per heavy atom. The van der Waals surface area contributed by atoms with Crippen LogP contribution >= 0.6 is 11.6 Å². The minimum atomic E-state index is 0.610. The fourth-order valence-corrected chi connectivity index (χ4v) is 2.94. The minimum absolute atomic E-state index is 0.610. The molecule has 0 radical (unpaired) electrons. The molecule has 21 heavy (non-hydrogen) atoms. The first-order valence-corrected chi connectivity index (χ1v) is 8.03. The van der Waals surface area contributed by atoms with E-state index in [-0.39, 0.29) is 0 Å². The molecule has 2 N–H and O–H groups in total. The zero-order valence-corrected chi connectivity index (χ0v) is 13.6. The first-order chi connectivity index (χ1) is 10.2. The van der Waals surface area contributed by atoms with Gasteiger partial charge in [-0.3, -0.25) is 0 Å². The van der Waals surface area contributed by atoms with Crippen molar-refractivity contribution in [2.75, 3.05) is 33.4 Å². The van der Waals surface area contributed by atoms with E-state index in [1.165, 1.54) is 12.8 Å². The second kappa shape index (κ2) is 8.47. The molecule has 1 saturated heterocycles. The van der Waals surface area contributed by atoms with Crippen molar-refractivity contribution in [1.82, 2.24) is 10.6 Å². The number of ether oxygens (including phenoxy) is 2. The van der Waals surface area contributed by atoms with Gasteiger partial charge in [0.1, 0.15) is 0 Å². The summed E-state index contributed by atoms with van der Waals surface area (Å²) in [5, 5.41) is 7.59. The summed E-state index contributed by atoms with van der Waals surface area (Å²) in [6, 6.07) is 3.74. The molecular weight excluding hydrogens is 288 g/mol. The SMILES string of the molecule is CCOc1c(CNCC2CCNCC2)cc(Cl)cc1OC. The number of rotatable bonds is 7. The van der Waals surface area contributed by atoms with Crippen molar-refractivity contribution in [3.8, 4) is 11.5 Å². The van der Waals surface area contributed by atoms with Gasteiger partial charge in [0.25, 0.3) is 0 Å². The van der Waals surface area contributed by atoms with Crippen LogP contribution in [0.5, 0.6) is 11.5 Å². The fourth-order valence-electron chi connectivity index (χ4n) is 2.71. The van der Waals surface area contributed by atoms with Gasteiger partial charge in [-0.1, -0.05) is 11.6 Å². The van der Waals surface area contributed by atoms with Crippen molar-refractivity contribution in [3.05, 3.63) is 22.7 Å². The highest BCUT2D eigenvalue weighted by atomic mass is 35.5.